The first kappa shape index (κ1) is 30.3. The van der Waals surface area contributed by atoms with Crippen molar-refractivity contribution in [3.8, 4) is 0 Å². The number of thiophene rings is 1. The van der Waals surface area contributed by atoms with Crippen molar-refractivity contribution >= 4 is 66.5 Å². The number of carbonyl (C=O) groups is 2. The van der Waals surface area contributed by atoms with E-state index >= 15 is 0 Å². The van der Waals surface area contributed by atoms with Gasteiger partial charge in [0.1, 0.15) is 10.9 Å². The molecular weight excluding hydrogens is 569 g/mol. The Hall–Kier alpha value is -2.21. The fourth-order valence-corrected chi connectivity index (χ4v) is 6.21. The molecule has 0 radical (unpaired) electrons. The third kappa shape index (κ3) is 8.93. The molecule has 0 aliphatic rings. The molecule has 0 unspecified atom stereocenters. The maximum atomic E-state index is 12.9. The van der Waals surface area contributed by atoms with Gasteiger partial charge >= 0.3 is 0 Å². The fourth-order valence-electron chi connectivity index (χ4n) is 3.40. The number of hydrogen-bond donors (Lipinski definition) is 3. The zero-order valence-corrected chi connectivity index (χ0v) is 24.5. The molecule has 0 saturated heterocycles. The van der Waals surface area contributed by atoms with Crippen LogP contribution < -0.4 is 15.4 Å². The van der Waals surface area contributed by atoms with Gasteiger partial charge in [-0.2, -0.15) is 0 Å². The van der Waals surface area contributed by atoms with Crippen LogP contribution in [0.3, 0.4) is 0 Å². The molecule has 1 heterocycles. The van der Waals surface area contributed by atoms with Crippen LogP contribution >= 0.6 is 34.5 Å². The standard InChI is InChI=1S/C26H31Cl2N3O5S2/c1-26(2,3)36-16-20(31-25(33)22-14-17-8-4-5-9-21(17)37-22)24(32)29-12-6-7-13-30-38(34,35)23-11-10-18(27)15-19(23)28/h4-5,8-11,14-15,20,30H,6-7,12-13,16H2,1-3H3,(H,29,32)(H,31,33)/t20-/m0/s1. The number of rotatable bonds is 12. The minimum Gasteiger partial charge on any atom is -0.373 e. The lowest BCUT2D eigenvalue weighted by Crippen LogP contribution is -2.50. The molecule has 0 aliphatic carbocycles. The molecule has 2 aromatic carbocycles. The minimum atomic E-state index is -3.79. The van der Waals surface area contributed by atoms with E-state index in [1.54, 1.807) is 6.07 Å². The van der Waals surface area contributed by atoms with Crippen molar-refractivity contribution in [2.24, 2.45) is 0 Å². The average Bonchev–Trinajstić information content (AvgIpc) is 3.27. The molecule has 1 atom stereocenters. The van der Waals surface area contributed by atoms with Crippen molar-refractivity contribution in [1.29, 1.82) is 0 Å². The highest BCUT2D eigenvalue weighted by Crippen LogP contribution is 2.26. The first-order valence-corrected chi connectivity index (χ1v) is 15.1. The van der Waals surface area contributed by atoms with E-state index in [2.05, 4.69) is 15.4 Å². The topological polar surface area (TPSA) is 114 Å². The van der Waals surface area contributed by atoms with Crippen molar-refractivity contribution in [2.45, 2.75) is 50.2 Å². The summed E-state index contributed by atoms with van der Waals surface area (Å²) in [6.45, 7) is 6.08. The Balaban J connectivity index is 1.50. The van der Waals surface area contributed by atoms with Gasteiger partial charge in [0.15, 0.2) is 0 Å². The lowest BCUT2D eigenvalue weighted by molar-refractivity contribution is -0.126. The Morgan fingerprint density at radius 1 is 1.03 bits per heavy atom. The van der Waals surface area contributed by atoms with Crippen LogP contribution in [-0.2, 0) is 19.6 Å². The largest absolute Gasteiger partial charge is 0.373 e. The molecule has 3 N–H and O–H groups in total. The summed E-state index contributed by atoms with van der Waals surface area (Å²) >= 11 is 13.2. The van der Waals surface area contributed by atoms with Crippen LogP contribution in [0.25, 0.3) is 10.1 Å². The highest BCUT2D eigenvalue weighted by molar-refractivity contribution is 7.89. The predicted octanol–water partition coefficient (Wildman–Crippen LogP) is 5.00. The highest BCUT2D eigenvalue weighted by Gasteiger charge is 2.25. The van der Waals surface area contributed by atoms with Crippen LogP contribution in [0.5, 0.6) is 0 Å². The normalized spacial score (nSPS) is 12.9. The quantitative estimate of drug-likeness (QED) is 0.254. The molecule has 206 valence electrons. The van der Waals surface area contributed by atoms with Crippen LogP contribution in [0.2, 0.25) is 10.0 Å². The summed E-state index contributed by atoms with van der Waals surface area (Å²) in [7, 11) is -3.79. The second-order valence-electron chi connectivity index (χ2n) is 9.57. The Labute approximate surface area is 237 Å². The van der Waals surface area contributed by atoms with Gasteiger partial charge in [-0.3, -0.25) is 9.59 Å². The molecule has 0 bridgehead atoms. The fraction of sp³-hybridized carbons (Fsp3) is 0.385. The van der Waals surface area contributed by atoms with Gasteiger partial charge < -0.3 is 15.4 Å². The summed E-state index contributed by atoms with van der Waals surface area (Å²) in [5, 5.41) is 6.94. The zero-order valence-electron chi connectivity index (χ0n) is 21.3. The van der Waals surface area contributed by atoms with Gasteiger partial charge in [-0.25, -0.2) is 13.1 Å². The van der Waals surface area contributed by atoms with Crippen LogP contribution in [0.1, 0.15) is 43.3 Å². The average molecular weight is 601 g/mol. The van der Waals surface area contributed by atoms with Crippen molar-refractivity contribution in [2.75, 3.05) is 19.7 Å². The number of fused-ring (bicyclic) bond motifs is 1. The Bertz CT molecular complexity index is 1350. The molecule has 12 heteroatoms. The van der Waals surface area contributed by atoms with E-state index in [1.807, 2.05) is 45.0 Å². The van der Waals surface area contributed by atoms with E-state index in [4.69, 9.17) is 27.9 Å². The summed E-state index contributed by atoms with van der Waals surface area (Å²) < 4.78 is 34.2. The summed E-state index contributed by atoms with van der Waals surface area (Å²) in [5.74, 6) is -0.726. The molecule has 2 amide bonds. The van der Waals surface area contributed by atoms with Crippen molar-refractivity contribution in [3.05, 3.63) is 63.5 Å². The first-order valence-electron chi connectivity index (χ1n) is 12.0. The van der Waals surface area contributed by atoms with Gasteiger partial charge in [0.25, 0.3) is 5.91 Å². The number of amides is 2. The molecule has 0 aliphatic heterocycles. The smallest absolute Gasteiger partial charge is 0.262 e. The molecule has 3 aromatic rings. The number of nitrogens with one attached hydrogen (secondary N) is 3. The van der Waals surface area contributed by atoms with Crippen LogP contribution in [0.15, 0.2) is 53.4 Å². The molecule has 0 saturated carbocycles. The number of carbonyl (C=O) groups excluding carboxylic acids is 2. The van der Waals surface area contributed by atoms with E-state index < -0.39 is 21.7 Å². The molecule has 38 heavy (non-hydrogen) atoms. The third-order valence-electron chi connectivity index (χ3n) is 5.33. The van der Waals surface area contributed by atoms with Crippen LogP contribution in [0.4, 0.5) is 0 Å². The minimum absolute atomic E-state index is 0.00756. The van der Waals surface area contributed by atoms with Crippen molar-refractivity contribution in [3.63, 3.8) is 0 Å². The molecule has 0 fully saturated rings. The van der Waals surface area contributed by atoms with Crippen LogP contribution in [-0.4, -0.2) is 51.6 Å². The summed E-state index contributed by atoms with van der Waals surface area (Å²) in [6.07, 6.45) is 0.988. The van der Waals surface area contributed by atoms with Gasteiger partial charge in [0.05, 0.1) is 22.1 Å². The van der Waals surface area contributed by atoms with E-state index in [-0.39, 0.29) is 34.9 Å². The molecular formula is C26H31Cl2N3O5S2. The number of halogens is 2. The second-order valence-corrected chi connectivity index (χ2v) is 13.2. The predicted molar refractivity (Wildman–Crippen MR) is 153 cm³/mol. The van der Waals surface area contributed by atoms with E-state index in [0.717, 1.165) is 10.1 Å². The van der Waals surface area contributed by atoms with Gasteiger partial charge in [0.2, 0.25) is 15.9 Å². The van der Waals surface area contributed by atoms with Gasteiger partial charge in [-0.1, -0.05) is 41.4 Å². The number of hydrogen-bond acceptors (Lipinski definition) is 6. The molecule has 8 nitrogen and oxygen atoms in total. The molecule has 1 aromatic heterocycles. The Morgan fingerprint density at radius 2 is 1.74 bits per heavy atom. The summed E-state index contributed by atoms with van der Waals surface area (Å²) in [6, 6.07) is 12.8. The number of unbranched alkanes of at least 4 members (excludes halogenated alkanes) is 1. The van der Waals surface area contributed by atoms with E-state index in [9.17, 15) is 18.0 Å². The summed E-state index contributed by atoms with van der Waals surface area (Å²) in [4.78, 5) is 26.3. The van der Waals surface area contributed by atoms with E-state index in [1.165, 1.54) is 29.5 Å². The maximum absolute atomic E-state index is 12.9. The lowest BCUT2D eigenvalue weighted by atomic mass is 10.2. The second kappa shape index (κ2) is 13.2. The number of benzene rings is 2. The van der Waals surface area contributed by atoms with Gasteiger partial charge in [-0.15, -0.1) is 11.3 Å². The molecule has 0 spiro atoms. The highest BCUT2D eigenvalue weighted by atomic mass is 35.5. The monoisotopic (exact) mass is 599 g/mol. The maximum Gasteiger partial charge on any atom is 0.262 e. The SMILES string of the molecule is CC(C)(C)OC[C@H](NC(=O)c1cc2ccccc2s1)C(=O)NCCCCNS(=O)(=O)c1ccc(Cl)cc1Cl. The van der Waals surface area contributed by atoms with Gasteiger partial charge in [0, 0.05) is 22.8 Å². The Kier molecular flexibility index (Phi) is 10.6. The number of ether oxygens (including phenoxy) is 1. The lowest BCUT2D eigenvalue weighted by Gasteiger charge is -2.24. The zero-order chi connectivity index (χ0) is 27.9. The first-order chi connectivity index (χ1) is 17.9. The van der Waals surface area contributed by atoms with Crippen molar-refractivity contribution < 1.29 is 22.7 Å². The summed E-state index contributed by atoms with van der Waals surface area (Å²) in [5.41, 5.74) is -0.495. The Morgan fingerprint density at radius 3 is 2.42 bits per heavy atom. The molecule has 3 rings (SSSR count). The van der Waals surface area contributed by atoms with Gasteiger partial charge in [-0.05, 0) is 69.3 Å². The van der Waals surface area contributed by atoms with E-state index in [0.29, 0.717) is 29.3 Å². The third-order valence-corrected chi connectivity index (χ3v) is 8.63. The number of sulfonamides is 1. The van der Waals surface area contributed by atoms with Crippen molar-refractivity contribution in [1.82, 2.24) is 15.4 Å². The van der Waals surface area contributed by atoms with Crippen LogP contribution in [0, 0.1) is 0 Å².